The number of ether oxygens (including phenoxy) is 1. The summed E-state index contributed by atoms with van der Waals surface area (Å²) >= 11 is 0. The second-order valence-electron chi connectivity index (χ2n) is 6.24. The first-order valence-electron chi connectivity index (χ1n) is 9.19. The van der Waals surface area contributed by atoms with E-state index in [2.05, 4.69) is 39.7 Å². The molecule has 0 bridgehead atoms. The molecule has 0 fully saturated rings. The summed E-state index contributed by atoms with van der Waals surface area (Å²) in [6.07, 6.45) is 2.99. The van der Waals surface area contributed by atoms with E-state index in [9.17, 15) is 0 Å². The molecule has 2 N–H and O–H groups in total. The number of hydrogen-bond acceptors (Lipinski definition) is 5. The van der Waals surface area contributed by atoms with Crippen LogP contribution in [-0.4, -0.2) is 69.5 Å². The summed E-state index contributed by atoms with van der Waals surface area (Å²) in [6.45, 7) is 11.4. The molecule has 7 nitrogen and oxygen atoms in total. The zero-order valence-corrected chi connectivity index (χ0v) is 16.5. The van der Waals surface area contributed by atoms with E-state index in [-0.39, 0.29) is 0 Å². The Bertz CT molecular complexity index is 482. The van der Waals surface area contributed by atoms with Crippen LogP contribution in [0.5, 0.6) is 0 Å². The molecular formula is C18H35N5O2. The van der Waals surface area contributed by atoms with E-state index in [1.807, 2.05) is 13.8 Å². The Morgan fingerprint density at radius 3 is 2.68 bits per heavy atom. The van der Waals surface area contributed by atoms with Crippen molar-refractivity contribution in [3.8, 4) is 0 Å². The fourth-order valence-corrected chi connectivity index (χ4v) is 2.60. The number of aromatic nitrogens is 1. The smallest absolute Gasteiger partial charge is 0.191 e. The molecule has 7 heteroatoms. The Balaban J connectivity index is 2.28. The van der Waals surface area contributed by atoms with Crippen LogP contribution >= 0.6 is 0 Å². The molecule has 0 aromatic carbocycles. The number of aryl methyl sites for hydroxylation is 2. The number of hydrogen-bond donors (Lipinski definition) is 2. The van der Waals surface area contributed by atoms with Crippen LogP contribution in [0.1, 0.15) is 36.8 Å². The second-order valence-corrected chi connectivity index (χ2v) is 6.24. The van der Waals surface area contributed by atoms with Gasteiger partial charge in [-0.25, -0.2) is 0 Å². The van der Waals surface area contributed by atoms with Crippen molar-refractivity contribution < 1.29 is 9.26 Å². The molecule has 144 valence electrons. The molecule has 0 atom stereocenters. The molecule has 0 aliphatic heterocycles. The topological polar surface area (TPSA) is 74.9 Å². The molecule has 1 aromatic rings. The summed E-state index contributed by atoms with van der Waals surface area (Å²) in [7, 11) is 3.87. The first-order valence-corrected chi connectivity index (χ1v) is 9.19. The lowest BCUT2D eigenvalue weighted by Gasteiger charge is -2.18. The summed E-state index contributed by atoms with van der Waals surface area (Å²) in [4.78, 5) is 6.95. The normalized spacial score (nSPS) is 12.0. The van der Waals surface area contributed by atoms with Gasteiger partial charge in [-0.05, 0) is 47.1 Å². The monoisotopic (exact) mass is 353 g/mol. The third-order valence-corrected chi connectivity index (χ3v) is 4.05. The van der Waals surface area contributed by atoms with E-state index in [1.54, 1.807) is 7.11 Å². The quantitative estimate of drug-likeness (QED) is 0.339. The van der Waals surface area contributed by atoms with Crippen molar-refractivity contribution in [3.63, 3.8) is 0 Å². The van der Waals surface area contributed by atoms with Crippen LogP contribution in [0.15, 0.2) is 9.52 Å². The zero-order chi connectivity index (χ0) is 18.5. The van der Waals surface area contributed by atoms with Crippen LogP contribution in [0.4, 0.5) is 0 Å². The summed E-state index contributed by atoms with van der Waals surface area (Å²) in [5.41, 5.74) is 2.20. The third kappa shape index (κ3) is 8.88. The maximum absolute atomic E-state index is 5.20. The summed E-state index contributed by atoms with van der Waals surface area (Å²) in [5.74, 6) is 1.80. The molecule has 0 saturated heterocycles. The SMILES string of the molecule is CCNC(=NCCCc1c(C)noc1C)NCCN(C)CCCOC. The fourth-order valence-electron chi connectivity index (χ4n) is 2.60. The van der Waals surface area contributed by atoms with Crippen molar-refractivity contribution in [2.45, 2.75) is 40.0 Å². The third-order valence-electron chi connectivity index (χ3n) is 4.05. The van der Waals surface area contributed by atoms with E-state index in [0.29, 0.717) is 0 Å². The van der Waals surface area contributed by atoms with E-state index < -0.39 is 0 Å². The van der Waals surface area contributed by atoms with E-state index >= 15 is 0 Å². The lowest BCUT2D eigenvalue weighted by molar-refractivity contribution is 0.180. The Kier molecular flexibility index (Phi) is 10.9. The van der Waals surface area contributed by atoms with Gasteiger partial charge in [-0.1, -0.05) is 5.16 Å². The molecule has 0 aliphatic carbocycles. The van der Waals surface area contributed by atoms with Gasteiger partial charge in [0.05, 0.1) is 5.69 Å². The van der Waals surface area contributed by atoms with Crippen LogP contribution in [0.3, 0.4) is 0 Å². The molecule has 0 unspecified atom stereocenters. The summed E-state index contributed by atoms with van der Waals surface area (Å²) in [5, 5.41) is 10.7. The lowest BCUT2D eigenvalue weighted by Crippen LogP contribution is -2.41. The number of guanidine groups is 1. The molecule has 0 radical (unpaired) electrons. The first-order chi connectivity index (χ1) is 12.1. The van der Waals surface area contributed by atoms with Gasteiger partial charge >= 0.3 is 0 Å². The van der Waals surface area contributed by atoms with Crippen molar-refractivity contribution in [2.75, 3.05) is 53.5 Å². The molecule has 1 rings (SSSR count). The molecular weight excluding hydrogens is 318 g/mol. The van der Waals surface area contributed by atoms with Gasteiger partial charge < -0.3 is 24.8 Å². The van der Waals surface area contributed by atoms with Gasteiger partial charge in [0.2, 0.25) is 0 Å². The number of methoxy groups -OCH3 is 1. The van der Waals surface area contributed by atoms with Crippen molar-refractivity contribution in [3.05, 3.63) is 17.0 Å². The largest absolute Gasteiger partial charge is 0.385 e. The minimum atomic E-state index is 0.781. The standard InChI is InChI=1S/C18H35N5O2/c1-6-19-18(21-11-13-23(4)12-8-14-24-5)20-10-7-9-17-15(2)22-25-16(17)3/h6-14H2,1-5H3,(H2,19,20,21). The summed E-state index contributed by atoms with van der Waals surface area (Å²) in [6, 6.07) is 0. The highest BCUT2D eigenvalue weighted by molar-refractivity contribution is 5.79. The molecule has 1 aromatic heterocycles. The van der Waals surface area contributed by atoms with Crippen LogP contribution in [0, 0.1) is 13.8 Å². The van der Waals surface area contributed by atoms with Gasteiger partial charge in [0.25, 0.3) is 0 Å². The van der Waals surface area contributed by atoms with Crippen molar-refractivity contribution >= 4 is 5.96 Å². The highest BCUT2D eigenvalue weighted by Crippen LogP contribution is 2.14. The van der Waals surface area contributed by atoms with Gasteiger partial charge in [-0.15, -0.1) is 0 Å². The average Bonchev–Trinajstić information content (AvgIpc) is 2.90. The highest BCUT2D eigenvalue weighted by Gasteiger charge is 2.08. The Morgan fingerprint density at radius 1 is 1.24 bits per heavy atom. The zero-order valence-electron chi connectivity index (χ0n) is 16.5. The number of nitrogens with zero attached hydrogens (tertiary/aromatic N) is 3. The molecule has 1 heterocycles. The minimum Gasteiger partial charge on any atom is -0.385 e. The van der Waals surface area contributed by atoms with Gasteiger partial charge in [0.15, 0.2) is 5.96 Å². The van der Waals surface area contributed by atoms with Crippen molar-refractivity contribution in [2.24, 2.45) is 4.99 Å². The van der Waals surface area contributed by atoms with Gasteiger partial charge in [0, 0.05) is 52.0 Å². The summed E-state index contributed by atoms with van der Waals surface area (Å²) < 4.78 is 10.3. The molecule has 25 heavy (non-hydrogen) atoms. The van der Waals surface area contributed by atoms with E-state index in [0.717, 1.165) is 76.0 Å². The van der Waals surface area contributed by atoms with E-state index in [4.69, 9.17) is 9.26 Å². The van der Waals surface area contributed by atoms with Crippen LogP contribution in [0.2, 0.25) is 0 Å². The number of aliphatic imine (C=N–C) groups is 1. The van der Waals surface area contributed by atoms with Crippen LogP contribution in [-0.2, 0) is 11.2 Å². The number of rotatable bonds is 12. The number of nitrogens with one attached hydrogen (secondary N) is 2. The molecule has 0 amide bonds. The number of likely N-dealkylation sites (N-methyl/N-ethyl adjacent to an activating group) is 1. The predicted octanol–water partition coefficient (Wildman–Crippen LogP) is 1.75. The Hall–Kier alpha value is -1.60. The maximum atomic E-state index is 5.20. The molecule has 0 aliphatic rings. The fraction of sp³-hybridized carbons (Fsp3) is 0.778. The molecule has 0 saturated carbocycles. The molecule has 0 spiro atoms. The van der Waals surface area contributed by atoms with Crippen molar-refractivity contribution in [1.29, 1.82) is 0 Å². The minimum absolute atomic E-state index is 0.781. The Labute approximate surface area is 152 Å². The van der Waals surface area contributed by atoms with Crippen LogP contribution in [0.25, 0.3) is 0 Å². The lowest BCUT2D eigenvalue weighted by atomic mass is 10.1. The van der Waals surface area contributed by atoms with Gasteiger partial charge in [0.1, 0.15) is 5.76 Å². The highest BCUT2D eigenvalue weighted by atomic mass is 16.5. The first kappa shape index (κ1) is 21.4. The van der Waals surface area contributed by atoms with Crippen molar-refractivity contribution in [1.82, 2.24) is 20.7 Å². The maximum Gasteiger partial charge on any atom is 0.191 e. The predicted molar refractivity (Wildman–Crippen MR) is 102 cm³/mol. The average molecular weight is 354 g/mol. The second kappa shape index (κ2) is 12.7. The Morgan fingerprint density at radius 2 is 2.04 bits per heavy atom. The van der Waals surface area contributed by atoms with Gasteiger partial charge in [-0.3, -0.25) is 4.99 Å². The van der Waals surface area contributed by atoms with Gasteiger partial charge in [-0.2, -0.15) is 0 Å². The van der Waals surface area contributed by atoms with E-state index in [1.165, 1.54) is 5.56 Å². The van der Waals surface area contributed by atoms with Crippen LogP contribution < -0.4 is 10.6 Å².